The number of thioether (sulfide) groups is 1. The molecule has 0 N–H and O–H groups in total. The molecule has 30 heavy (non-hydrogen) atoms. The van der Waals surface area contributed by atoms with Crippen LogP contribution in [-0.2, 0) is 0 Å². The minimum absolute atomic E-state index is 0. The number of nitrogens with zero attached hydrogens (tertiary/aromatic N) is 3. The zero-order valence-electron chi connectivity index (χ0n) is 18.1. The lowest BCUT2D eigenvalue weighted by atomic mass is 10.2. The predicted octanol–water partition coefficient (Wildman–Crippen LogP) is 6.13. The monoisotopic (exact) mass is 463 g/mol. The fourth-order valence-electron chi connectivity index (χ4n) is 3.22. The van der Waals surface area contributed by atoms with Gasteiger partial charge in [0.15, 0.2) is 5.13 Å². The van der Waals surface area contributed by atoms with Crippen LogP contribution in [0.4, 0.5) is 5.13 Å². The lowest BCUT2D eigenvalue weighted by Gasteiger charge is -2.24. The molecular weight excluding hydrogens is 434 g/mol. The van der Waals surface area contributed by atoms with Gasteiger partial charge >= 0.3 is 0 Å². The summed E-state index contributed by atoms with van der Waals surface area (Å²) in [6.07, 6.45) is 0. The number of aryl methyl sites for hydroxylation is 1. The largest absolute Gasteiger partial charge is 0.302 e. The lowest BCUT2D eigenvalue weighted by Crippen LogP contribution is -2.38. The molecule has 162 valence electrons. The van der Waals surface area contributed by atoms with E-state index in [1.807, 2.05) is 35.2 Å². The number of rotatable bonds is 9. The van der Waals surface area contributed by atoms with Crippen LogP contribution >= 0.6 is 35.5 Å². The van der Waals surface area contributed by atoms with E-state index in [1.54, 1.807) is 23.1 Å². The van der Waals surface area contributed by atoms with Crippen molar-refractivity contribution in [2.75, 3.05) is 36.8 Å². The molecule has 1 heterocycles. The Balaban J connectivity index is 0.00000320. The van der Waals surface area contributed by atoms with Crippen molar-refractivity contribution in [2.24, 2.45) is 0 Å². The van der Waals surface area contributed by atoms with Crippen LogP contribution in [0.1, 0.15) is 36.7 Å². The second-order valence-electron chi connectivity index (χ2n) is 6.91. The van der Waals surface area contributed by atoms with Crippen molar-refractivity contribution < 1.29 is 4.79 Å². The van der Waals surface area contributed by atoms with Crippen molar-refractivity contribution in [3.05, 3.63) is 53.6 Å². The first-order chi connectivity index (χ1) is 14.0. The van der Waals surface area contributed by atoms with Gasteiger partial charge in [-0.3, -0.25) is 9.69 Å². The maximum atomic E-state index is 13.4. The average molecular weight is 464 g/mol. The van der Waals surface area contributed by atoms with Crippen molar-refractivity contribution in [1.29, 1.82) is 0 Å². The topological polar surface area (TPSA) is 36.4 Å². The Hall–Kier alpha value is -1.60. The molecule has 4 nitrogen and oxygen atoms in total. The summed E-state index contributed by atoms with van der Waals surface area (Å²) in [6, 6.07) is 14.2. The van der Waals surface area contributed by atoms with Gasteiger partial charge < -0.3 is 4.90 Å². The first-order valence-electron chi connectivity index (χ1n) is 10.2. The summed E-state index contributed by atoms with van der Waals surface area (Å²) in [4.78, 5) is 23.6. The van der Waals surface area contributed by atoms with E-state index in [2.05, 4.69) is 44.7 Å². The summed E-state index contributed by atoms with van der Waals surface area (Å²) in [5, 5.41) is 0.773. The van der Waals surface area contributed by atoms with Gasteiger partial charge in [-0.15, -0.1) is 24.2 Å². The molecule has 0 unspecified atom stereocenters. The Morgan fingerprint density at radius 3 is 2.37 bits per heavy atom. The number of hydrogen-bond donors (Lipinski definition) is 0. The number of halogens is 1. The molecule has 1 amide bonds. The standard InChI is InChI=1S/C23H29N3OS2.ClH/c1-5-25(6-2)14-15-26(22(27)18-9-11-19(12-10-18)28-7-3)23-24-20-13-8-17(4)16-21(20)29-23;/h8-13,16H,5-7,14-15H2,1-4H3;1H. The number of anilines is 1. The van der Waals surface area contributed by atoms with Gasteiger partial charge in [-0.05, 0) is 67.7 Å². The second-order valence-corrected chi connectivity index (χ2v) is 9.26. The highest BCUT2D eigenvalue weighted by Gasteiger charge is 2.22. The third kappa shape index (κ3) is 5.97. The minimum Gasteiger partial charge on any atom is -0.302 e. The first kappa shape index (κ1) is 24.7. The zero-order valence-corrected chi connectivity index (χ0v) is 20.5. The normalized spacial score (nSPS) is 11.0. The van der Waals surface area contributed by atoms with Gasteiger partial charge in [0, 0.05) is 23.5 Å². The Labute approximate surface area is 194 Å². The molecule has 0 saturated heterocycles. The maximum Gasteiger partial charge on any atom is 0.260 e. The van der Waals surface area contributed by atoms with E-state index in [9.17, 15) is 4.79 Å². The molecule has 0 aliphatic rings. The van der Waals surface area contributed by atoms with Crippen molar-refractivity contribution in [3.63, 3.8) is 0 Å². The lowest BCUT2D eigenvalue weighted by molar-refractivity contribution is 0.0983. The van der Waals surface area contributed by atoms with E-state index in [0.717, 1.165) is 40.7 Å². The van der Waals surface area contributed by atoms with E-state index in [0.29, 0.717) is 12.1 Å². The number of fused-ring (bicyclic) bond motifs is 1. The number of benzene rings is 2. The number of likely N-dealkylation sites (N-methyl/N-ethyl adjacent to an activating group) is 1. The van der Waals surface area contributed by atoms with E-state index >= 15 is 0 Å². The number of hydrogen-bond acceptors (Lipinski definition) is 5. The van der Waals surface area contributed by atoms with Crippen LogP contribution in [0.5, 0.6) is 0 Å². The molecule has 2 aromatic carbocycles. The van der Waals surface area contributed by atoms with Crippen molar-refractivity contribution in [1.82, 2.24) is 9.88 Å². The SMILES string of the molecule is CCSc1ccc(C(=O)N(CCN(CC)CC)c2nc3ccc(C)cc3s2)cc1.Cl. The molecule has 3 rings (SSSR count). The van der Waals surface area contributed by atoms with Gasteiger partial charge in [-0.1, -0.05) is 38.2 Å². The number of carbonyl (C=O) groups excluding carboxylic acids is 1. The first-order valence-corrected chi connectivity index (χ1v) is 12.0. The third-order valence-electron chi connectivity index (χ3n) is 4.96. The summed E-state index contributed by atoms with van der Waals surface area (Å²) in [5.41, 5.74) is 2.86. The highest BCUT2D eigenvalue weighted by Crippen LogP contribution is 2.30. The molecule has 1 aromatic heterocycles. The molecule has 0 aliphatic heterocycles. The van der Waals surface area contributed by atoms with E-state index < -0.39 is 0 Å². The minimum atomic E-state index is 0. The highest BCUT2D eigenvalue weighted by molar-refractivity contribution is 7.99. The predicted molar refractivity (Wildman–Crippen MR) is 134 cm³/mol. The highest BCUT2D eigenvalue weighted by atomic mass is 35.5. The van der Waals surface area contributed by atoms with Crippen LogP contribution in [0, 0.1) is 6.92 Å². The molecule has 0 aliphatic carbocycles. The summed E-state index contributed by atoms with van der Waals surface area (Å²) in [7, 11) is 0. The Morgan fingerprint density at radius 1 is 1.03 bits per heavy atom. The molecule has 0 bridgehead atoms. The zero-order chi connectivity index (χ0) is 20.8. The summed E-state index contributed by atoms with van der Waals surface area (Å²) < 4.78 is 1.12. The fraction of sp³-hybridized carbons (Fsp3) is 0.391. The van der Waals surface area contributed by atoms with Gasteiger partial charge in [0.25, 0.3) is 5.91 Å². The molecular formula is C23H30ClN3OS2. The van der Waals surface area contributed by atoms with Crippen LogP contribution < -0.4 is 4.90 Å². The van der Waals surface area contributed by atoms with Gasteiger partial charge in [-0.25, -0.2) is 4.98 Å². The molecule has 0 saturated carbocycles. The molecule has 0 radical (unpaired) electrons. The smallest absolute Gasteiger partial charge is 0.260 e. The molecule has 7 heteroatoms. The Bertz CT molecular complexity index is 955. The maximum absolute atomic E-state index is 13.4. The van der Waals surface area contributed by atoms with Gasteiger partial charge in [0.05, 0.1) is 10.2 Å². The van der Waals surface area contributed by atoms with E-state index in [1.165, 1.54) is 10.5 Å². The Kier molecular flexibility index (Phi) is 9.62. The van der Waals surface area contributed by atoms with Crippen molar-refractivity contribution in [3.8, 4) is 0 Å². The van der Waals surface area contributed by atoms with Crippen molar-refractivity contribution >= 4 is 56.8 Å². The molecule has 0 atom stereocenters. The fourth-order valence-corrected chi connectivity index (χ4v) is 4.97. The Morgan fingerprint density at radius 2 is 1.73 bits per heavy atom. The van der Waals surface area contributed by atoms with E-state index in [-0.39, 0.29) is 18.3 Å². The van der Waals surface area contributed by atoms with Crippen LogP contribution in [0.25, 0.3) is 10.2 Å². The van der Waals surface area contributed by atoms with E-state index in [4.69, 9.17) is 4.98 Å². The van der Waals surface area contributed by atoms with Crippen LogP contribution in [0.2, 0.25) is 0 Å². The van der Waals surface area contributed by atoms with Gasteiger partial charge in [-0.2, -0.15) is 0 Å². The molecule has 0 spiro atoms. The number of aromatic nitrogens is 1. The quantitative estimate of drug-likeness (QED) is 0.358. The third-order valence-corrected chi connectivity index (χ3v) is 6.89. The van der Waals surface area contributed by atoms with Crippen LogP contribution in [-0.4, -0.2) is 47.7 Å². The van der Waals surface area contributed by atoms with Crippen LogP contribution in [0.3, 0.4) is 0 Å². The molecule has 0 fully saturated rings. The summed E-state index contributed by atoms with van der Waals surface area (Å²) in [6.45, 7) is 11.9. The van der Waals surface area contributed by atoms with Gasteiger partial charge in [0.2, 0.25) is 0 Å². The molecule has 3 aromatic rings. The summed E-state index contributed by atoms with van der Waals surface area (Å²) >= 11 is 3.38. The number of carbonyl (C=O) groups is 1. The number of amides is 1. The van der Waals surface area contributed by atoms with Crippen LogP contribution in [0.15, 0.2) is 47.4 Å². The average Bonchev–Trinajstić information content (AvgIpc) is 3.14. The second kappa shape index (κ2) is 11.7. The number of thiazole rings is 1. The van der Waals surface area contributed by atoms with Crippen molar-refractivity contribution in [2.45, 2.75) is 32.6 Å². The summed E-state index contributed by atoms with van der Waals surface area (Å²) in [5.74, 6) is 1.04. The van der Waals surface area contributed by atoms with Gasteiger partial charge in [0.1, 0.15) is 0 Å².